The summed E-state index contributed by atoms with van der Waals surface area (Å²) in [5.41, 5.74) is 2.64. The van der Waals surface area contributed by atoms with Crippen molar-refractivity contribution in [3.8, 4) is 0 Å². The van der Waals surface area contributed by atoms with Crippen molar-refractivity contribution in [3.05, 3.63) is 28.2 Å². The molecule has 0 bridgehead atoms. The molecule has 21 heavy (non-hydrogen) atoms. The molecule has 0 amide bonds. The molecule has 1 saturated heterocycles. The van der Waals surface area contributed by atoms with Gasteiger partial charge in [-0.3, -0.25) is 0 Å². The van der Waals surface area contributed by atoms with Crippen LogP contribution in [-0.4, -0.2) is 32.8 Å². The van der Waals surface area contributed by atoms with Crippen molar-refractivity contribution in [2.24, 2.45) is 0 Å². The van der Waals surface area contributed by atoms with E-state index in [4.69, 9.17) is 4.74 Å². The number of hydrogen-bond donors (Lipinski definition) is 1. The standard InChI is InChI=1S/C17H27BrN2O/c1-4-9-19-13(2)16-6-5-14(12-17(16)18)20-10-7-15(21-3)8-11-20/h5-6,12-13,15,19H,4,7-11H2,1-3H3. The van der Waals surface area contributed by atoms with Gasteiger partial charge in [-0.2, -0.15) is 0 Å². The van der Waals surface area contributed by atoms with Crippen molar-refractivity contribution >= 4 is 21.6 Å². The number of hydrogen-bond acceptors (Lipinski definition) is 3. The van der Waals surface area contributed by atoms with Crippen LogP contribution in [0.1, 0.15) is 44.7 Å². The molecule has 118 valence electrons. The zero-order chi connectivity index (χ0) is 15.2. The van der Waals surface area contributed by atoms with Crippen LogP contribution in [-0.2, 0) is 4.74 Å². The third-order valence-corrected chi connectivity index (χ3v) is 4.98. The minimum Gasteiger partial charge on any atom is -0.381 e. The molecule has 0 aromatic heterocycles. The van der Waals surface area contributed by atoms with Gasteiger partial charge in [0.2, 0.25) is 0 Å². The van der Waals surface area contributed by atoms with E-state index in [1.165, 1.54) is 15.7 Å². The average molecular weight is 355 g/mol. The number of halogens is 1. The molecule has 3 nitrogen and oxygen atoms in total. The van der Waals surface area contributed by atoms with Gasteiger partial charge in [-0.25, -0.2) is 0 Å². The third-order valence-electron chi connectivity index (χ3n) is 4.29. The number of methoxy groups -OCH3 is 1. The maximum atomic E-state index is 5.44. The Labute approximate surface area is 137 Å². The SMILES string of the molecule is CCCNC(C)c1ccc(N2CCC(OC)CC2)cc1Br. The van der Waals surface area contributed by atoms with E-state index in [1.807, 2.05) is 7.11 Å². The molecule has 2 rings (SSSR count). The summed E-state index contributed by atoms with van der Waals surface area (Å²) in [6.07, 6.45) is 3.82. The third kappa shape index (κ3) is 4.44. The van der Waals surface area contributed by atoms with Crippen molar-refractivity contribution in [2.75, 3.05) is 31.6 Å². The van der Waals surface area contributed by atoms with Gasteiger partial charge in [-0.15, -0.1) is 0 Å². The number of ether oxygens (including phenoxy) is 1. The zero-order valence-corrected chi connectivity index (χ0v) is 14.9. The molecular weight excluding hydrogens is 328 g/mol. The van der Waals surface area contributed by atoms with Gasteiger partial charge in [0.25, 0.3) is 0 Å². The highest BCUT2D eigenvalue weighted by atomic mass is 79.9. The number of nitrogens with zero attached hydrogens (tertiary/aromatic N) is 1. The second kappa shape index (κ2) is 8.16. The van der Waals surface area contributed by atoms with Crippen LogP contribution in [0.25, 0.3) is 0 Å². The van der Waals surface area contributed by atoms with Gasteiger partial charge in [0.15, 0.2) is 0 Å². The molecule has 1 aliphatic heterocycles. The normalized spacial score (nSPS) is 18.0. The molecule has 1 aliphatic rings. The summed E-state index contributed by atoms with van der Waals surface area (Å²) in [6, 6.07) is 7.13. The first-order chi connectivity index (χ1) is 10.2. The molecule has 1 N–H and O–H groups in total. The lowest BCUT2D eigenvalue weighted by Gasteiger charge is -2.33. The lowest BCUT2D eigenvalue weighted by molar-refractivity contribution is 0.0819. The van der Waals surface area contributed by atoms with Gasteiger partial charge in [0.05, 0.1) is 6.10 Å². The van der Waals surface area contributed by atoms with Crippen LogP contribution in [0.5, 0.6) is 0 Å². The topological polar surface area (TPSA) is 24.5 Å². The quantitative estimate of drug-likeness (QED) is 0.831. The fraction of sp³-hybridized carbons (Fsp3) is 0.647. The summed E-state index contributed by atoms with van der Waals surface area (Å²) < 4.78 is 6.64. The van der Waals surface area contributed by atoms with E-state index in [0.29, 0.717) is 12.1 Å². The highest BCUT2D eigenvalue weighted by molar-refractivity contribution is 9.10. The van der Waals surface area contributed by atoms with Crippen molar-refractivity contribution < 1.29 is 4.74 Å². The van der Waals surface area contributed by atoms with E-state index in [2.05, 4.69) is 58.2 Å². The molecule has 0 saturated carbocycles. The van der Waals surface area contributed by atoms with Crippen molar-refractivity contribution in [1.82, 2.24) is 5.32 Å². The molecule has 1 unspecified atom stereocenters. The molecule has 4 heteroatoms. The van der Waals surface area contributed by atoms with Gasteiger partial charge < -0.3 is 15.0 Å². The molecule has 0 aliphatic carbocycles. The number of rotatable bonds is 6. The Morgan fingerprint density at radius 2 is 2.10 bits per heavy atom. The Hall–Kier alpha value is -0.580. The molecule has 1 aromatic rings. The monoisotopic (exact) mass is 354 g/mol. The summed E-state index contributed by atoms with van der Waals surface area (Å²) in [6.45, 7) is 7.63. The Kier molecular flexibility index (Phi) is 6.52. The van der Waals surface area contributed by atoms with Gasteiger partial charge in [-0.1, -0.05) is 28.9 Å². The van der Waals surface area contributed by atoms with Gasteiger partial charge in [0.1, 0.15) is 0 Å². The maximum Gasteiger partial charge on any atom is 0.0605 e. The Morgan fingerprint density at radius 3 is 2.67 bits per heavy atom. The van der Waals surface area contributed by atoms with Crippen molar-refractivity contribution in [3.63, 3.8) is 0 Å². The molecule has 1 atom stereocenters. The average Bonchev–Trinajstić information content (AvgIpc) is 2.52. The second-order valence-corrected chi connectivity index (χ2v) is 6.66. The smallest absolute Gasteiger partial charge is 0.0605 e. The molecule has 1 heterocycles. The van der Waals surface area contributed by atoms with Crippen LogP contribution in [0, 0.1) is 0 Å². The number of benzene rings is 1. The van der Waals surface area contributed by atoms with E-state index in [-0.39, 0.29) is 0 Å². The van der Waals surface area contributed by atoms with Crippen LogP contribution in [0.15, 0.2) is 22.7 Å². The summed E-state index contributed by atoms with van der Waals surface area (Å²) in [5, 5.41) is 3.54. The number of anilines is 1. The maximum absolute atomic E-state index is 5.44. The van der Waals surface area contributed by atoms with Crippen LogP contribution < -0.4 is 10.2 Å². The molecule has 0 radical (unpaired) electrons. The highest BCUT2D eigenvalue weighted by Crippen LogP contribution is 2.30. The van der Waals surface area contributed by atoms with E-state index in [9.17, 15) is 0 Å². The summed E-state index contributed by atoms with van der Waals surface area (Å²) >= 11 is 3.74. The lowest BCUT2D eigenvalue weighted by atomic mass is 10.0. The fourth-order valence-corrected chi connectivity index (χ4v) is 3.59. The minimum atomic E-state index is 0.382. The Morgan fingerprint density at radius 1 is 1.38 bits per heavy atom. The molecule has 0 spiro atoms. The predicted molar refractivity (Wildman–Crippen MR) is 93.1 cm³/mol. The van der Waals surface area contributed by atoms with Gasteiger partial charge in [-0.05, 0) is 50.4 Å². The number of piperidine rings is 1. The van der Waals surface area contributed by atoms with Crippen LogP contribution in [0.4, 0.5) is 5.69 Å². The van der Waals surface area contributed by atoms with Crippen LogP contribution in [0.3, 0.4) is 0 Å². The van der Waals surface area contributed by atoms with E-state index in [1.54, 1.807) is 0 Å². The molecular formula is C17H27BrN2O. The van der Waals surface area contributed by atoms with E-state index < -0.39 is 0 Å². The van der Waals surface area contributed by atoms with E-state index >= 15 is 0 Å². The van der Waals surface area contributed by atoms with Crippen LogP contribution in [0.2, 0.25) is 0 Å². The molecule has 1 fully saturated rings. The fourth-order valence-electron chi connectivity index (χ4n) is 2.88. The Bertz CT molecular complexity index is 444. The number of nitrogens with one attached hydrogen (secondary N) is 1. The lowest BCUT2D eigenvalue weighted by Crippen LogP contribution is -2.36. The van der Waals surface area contributed by atoms with Gasteiger partial charge in [0, 0.05) is 36.4 Å². The van der Waals surface area contributed by atoms with Crippen molar-refractivity contribution in [1.29, 1.82) is 0 Å². The summed E-state index contributed by atoms with van der Waals surface area (Å²) in [4.78, 5) is 2.45. The Balaban J connectivity index is 2.02. The zero-order valence-electron chi connectivity index (χ0n) is 13.4. The minimum absolute atomic E-state index is 0.382. The van der Waals surface area contributed by atoms with Crippen molar-refractivity contribution in [2.45, 2.75) is 45.3 Å². The van der Waals surface area contributed by atoms with Crippen LogP contribution >= 0.6 is 15.9 Å². The molecule has 1 aromatic carbocycles. The summed E-state index contributed by atoms with van der Waals surface area (Å²) in [7, 11) is 1.82. The van der Waals surface area contributed by atoms with E-state index in [0.717, 1.165) is 38.9 Å². The largest absolute Gasteiger partial charge is 0.381 e. The highest BCUT2D eigenvalue weighted by Gasteiger charge is 2.19. The first-order valence-electron chi connectivity index (χ1n) is 7.96. The van der Waals surface area contributed by atoms with Gasteiger partial charge >= 0.3 is 0 Å². The first-order valence-corrected chi connectivity index (χ1v) is 8.75. The first kappa shape index (κ1) is 16.8. The summed E-state index contributed by atoms with van der Waals surface area (Å²) in [5.74, 6) is 0. The predicted octanol–water partition coefficient (Wildman–Crippen LogP) is 4.12. The second-order valence-electron chi connectivity index (χ2n) is 5.80.